The van der Waals surface area contributed by atoms with Crippen LogP contribution in [0.3, 0.4) is 0 Å². The van der Waals surface area contributed by atoms with Crippen LogP contribution in [0, 0.1) is 13.8 Å². The fourth-order valence-corrected chi connectivity index (χ4v) is 4.81. The van der Waals surface area contributed by atoms with Crippen LogP contribution in [0.5, 0.6) is 0 Å². The Hall–Kier alpha value is -1.60. The lowest BCUT2D eigenvalue weighted by atomic mass is 9.77. The number of carbonyl (C=O) groups excluding carboxylic acids is 1. The summed E-state index contributed by atoms with van der Waals surface area (Å²) in [6.45, 7) is 4.98. The summed E-state index contributed by atoms with van der Waals surface area (Å²) >= 11 is 12.3. The third-order valence-corrected chi connectivity index (χ3v) is 6.85. The van der Waals surface area contributed by atoms with Gasteiger partial charge in [0.15, 0.2) is 0 Å². The smallest absolute Gasteiger partial charge is 0.264 e. The molecule has 1 fully saturated rings. The monoisotopic (exact) mass is 469 g/mol. The predicted molar refractivity (Wildman–Crippen MR) is 120 cm³/mol. The van der Waals surface area contributed by atoms with Gasteiger partial charge in [-0.3, -0.25) is 8.98 Å². The summed E-state index contributed by atoms with van der Waals surface area (Å²) in [6, 6.07) is 11.2. The molecule has 0 saturated carbocycles. The highest BCUT2D eigenvalue weighted by molar-refractivity contribution is 7.85. The Morgan fingerprint density at radius 3 is 2.37 bits per heavy atom. The summed E-state index contributed by atoms with van der Waals surface area (Å²) in [5.74, 6) is -0.0345. The van der Waals surface area contributed by atoms with Crippen LogP contribution in [0.15, 0.2) is 36.4 Å². The van der Waals surface area contributed by atoms with E-state index in [9.17, 15) is 13.2 Å². The van der Waals surface area contributed by atoms with Crippen molar-refractivity contribution in [3.05, 3.63) is 68.7 Å². The average Bonchev–Trinajstić information content (AvgIpc) is 3.07. The molecular formula is C22H25Cl2NO4S. The van der Waals surface area contributed by atoms with Gasteiger partial charge in [-0.1, -0.05) is 46.5 Å². The van der Waals surface area contributed by atoms with Gasteiger partial charge in [-0.25, -0.2) is 0 Å². The van der Waals surface area contributed by atoms with Crippen molar-refractivity contribution in [2.45, 2.75) is 32.1 Å². The lowest BCUT2D eigenvalue weighted by molar-refractivity contribution is 0.0780. The highest BCUT2D eigenvalue weighted by atomic mass is 35.5. The van der Waals surface area contributed by atoms with Gasteiger partial charge in [0.05, 0.1) is 22.9 Å². The van der Waals surface area contributed by atoms with E-state index < -0.39 is 15.5 Å². The molecule has 1 amide bonds. The lowest BCUT2D eigenvalue weighted by Crippen LogP contribution is -2.35. The zero-order valence-electron chi connectivity index (χ0n) is 17.2. The van der Waals surface area contributed by atoms with Crippen LogP contribution in [0.2, 0.25) is 10.0 Å². The van der Waals surface area contributed by atoms with Crippen LogP contribution in [-0.2, 0) is 19.7 Å². The van der Waals surface area contributed by atoms with E-state index in [0.717, 1.165) is 22.9 Å². The third kappa shape index (κ3) is 5.35. The van der Waals surface area contributed by atoms with Crippen molar-refractivity contribution in [1.29, 1.82) is 0 Å². The maximum atomic E-state index is 13.2. The molecule has 2 aromatic rings. The zero-order chi connectivity index (χ0) is 22.1. The van der Waals surface area contributed by atoms with Crippen molar-refractivity contribution in [3.63, 3.8) is 0 Å². The summed E-state index contributed by atoms with van der Waals surface area (Å²) in [5, 5.41) is 0.876. The summed E-state index contributed by atoms with van der Waals surface area (Å²) in [4.78, 5) is 15.0. The zero-order valence-corrected chi connectivity index (χ0v) is 19.6. The molecule has 1 aliphatic rings. The van der Waals surface area contributed by atoms with Gasteiger partial charge in [0.1, 0.15) is 0 Å². The molecule has 5 nitrogen and oxygen atoms in total. The van der Waals surface area contributed by atoms with E-state index in [0.29, 0.717) is 41.5 Å². The molecule has 162 valence electrons. The van der Waals surface area contributed by atoms with Crippen molar-refractivity contribution >= 4 is 39.2 Å². The SMILES string of the molecule is Cc1cc(C)cc(C(=O)N2CCC(CCOS(C)(=O)=O)(c3ccc(Cl)c(Cl)c3)C2)c1. The molecule has 2 aromatic carbocycles. The number of rotatable bonds is 6. The van der Waals surface area contributed by atoms with Gasteiger partial charge in [-0.15, -0.1) is 0 Å². The molecule has 30 heavy (non-hydrogen) atoms. The lowest BCUT2D eigenvalue weighted by Gasteiger charge is -2.30. The van der Waals surface area contributed by atoms with Crippen LogP contribution in [-0.4, -0.2) is 45.2 Å². The van der Waals surface area contributed by atoms with Crippen molar-refractivity contribution in [2.75, 3.05) is 26.0 Å². The Labute approximate surface area is 188 Å². The first-order valence-corrected chi connectivity index (χ1v) is 12.2. The van der Waals surface area contributed by atoms with E-state index in [1.807, 2.05) is 43.0 Å². The largest absolute Gasteiger partial charge is 0.338 e. The van der Waals surface area contributed by atoms with Gasteiger partial charge in [-0.2, -0.15) is 8.42 Å². The Morgan fingerprint density at radius 1 is 1.10 bits per heavy atom. The maximum absolute atomic E-state index is 13.2. The summed E-state index contributed by atoms with van der Waals surface area (Å²) in [6.07, 6.45) is 2.15. The fourth-order valence-electron chi connectivity index (χ4n) is 4.12. The summed E-state index contributed by atoms with van der Waals surface area (Å²) in [7, 11) is -3.55. The Kier molecular flexibility index (Phi) is 6.82. The maximum Gasteiger partial charge on any atom is 0.264 e. The number of aryl methyl sites for hydroxylation is 2. The van der Waals surface area contributed by atoms with Crippen molar-refractivity contribution in [3.8, 4) is 0 Å². The predicted octanol–water partition coefficient (Wildman–Crippen LogP) is 4.76. The minimum atomic E-state index is -3.55. The number of amides is 1. The van der Waals surface area contributed by atoms with Crippen molar-refractivity contribution in [2.24, 2.45) is 0 Å². The van der Waals surface area contributed by atoms with Gasteiger partial charge < -0.3 is 4.90 Å². The van der Waals surface area contributed by atoms with Crippen molar-refractivity contribution < 1.29 is 17.4 Å². The molecule has 1 aliphatic heterocycles. The van der Waals surface area contributed by atoms with Gasteiger partial charge in [0.2, 0.25) is 0 Å². The van der Waals surface area contributed by atoms with E-state index >= 15 is 0 Å². The second-order valence-electron chi connectivity index (χ2n) is 8.04. The standard InChI is InChI=1S/C22H25Cl2NO4S/c1-15-10-16(2)12-17(11-15)21(26)25-8-6-22(14-25,7-9-29-30(3,27)28)18-4-5-19(23)20(24)13-18/h4-5,10-13H,6-9,14H2,1-3H3. The molecule has 1 heterocycles. The molecule has 0 spiro atoms. The number of hydrogen-bond donors (Lipinski definition) is 0. The van der Waals surface area contributed by atoms with Crippen LogP contribution < -0.4 is 0 Å². The van der Waals surface area contributed by atoms with E-state index in [4.69, 9.17) is 27.4 Å². The molecule has 8 heteroatoms. The minimum Gasteiger partial charge on any atom is -0.338 e. The molecular weight excluding hydrogens is 445 g/mol. The van der Waals surface area contributed by atoms with Gasteiger partial charge in [0, 0.05) is 24.1 Å². The highest BCUT2D eigenvalue weighted by Gasteiger charge is 2.41. The number of likely N-dealkylation sites (tertiary alicyclic amines) is 1. The Morgan fingerprint density at radius 2 is 1.77 bits per heavy atom. The number of hydrogen-bond acceptors (Lipinski definition) is 4. The van der Waals surface area contributed by atoms with Crippen LogP contribution >= 0.6 is 23.2 Å². The number of benzene rings is 2. The van der Waals surface area contributed by atoms with Crippen LogP contribution in [0.4, 0.5) is 0 Å². The van der Waals surface area contributed by atoms with Crippen molar-refractivity contribution in [1.82, 2.24) is 4.90 Å². The topological polar surface area (TPSA) is 63.7 Å². The first-order valence-electron chi connectivity index (χ1n) is 9.67. The molecule has 1 unspecified atom stereocenters. The van der Waals surface area contributed by atoms with Gasteiger partial charge >= 0.3 is 0 Å². The quantitative estimate of drug-likeness (QED) is 0.571. The number of nitrogens with zero attached hydrogens (tertiary/aromatic N) is 1. The molecule has 0 bridgehead atoms. The Bertz CT molecular complexity index is 1050. The summed E-state index contributed by atoms with van der Waals surface area (Å²) < 4.78 is 27.9. The molecule has 1 saturated heterocycles. The summed E-state index contributed by atoms with van der Waals surface area (Å²) in [5.41, 5.74) is 3.19. The first kappa shape index (κ1) is 23.1. The minimum absolute atomic E-state index is 0.0324. The van der Waals surface area contributed by atoms with Gasteiger partial charge in [-0.05, 0) is 56.5 Å². The van der Waals surface area contributed by atoms with E-state index in [2.05, 4.69) is 0 Å². The van der Waals surface area contributed by atoms with E-state index in [-0.39, 0.29) is 12.5 Å². The first-order chi connectivity index (χ1) is 14.0. The molecule has 0 aliphatic carbocycles. The molecule has 0 N–H and O–H groups in total. The molecule has 3 rings (SSSR count). The number of halogens is 2. The van der Waals surface area contributed by atoms with Gasteiger partial charge in [0.25, 0.3) is 16.0 Å². The average molecular weight is 470 g/mol. The third-order valence-electron chi connectivity index (χ3n) is 5.52. The van der Waals surface area contributed by atoms with E-state index in [1.54, 1.807) is 12.1 Å². The highest BCUT2D eigenvalue weighted by Crippen LogP contribution is 2.40. The number of carbonyl (C=O) groups is 1. The second-order valence-corrected chi connectivity index (χ2v) is 10.5. The fraction of sp³-hybridized carbons (Fsp3) is 0.409. The van der Waals surface area contributed by atoms with Crippen LogP contribution in [0.25, 0.3) is 0 Å². The Balaban J connectivity index is 1.89. The second kappa shape index (κ2) is 8.87. The van der Waals surface area contributed by atoms with Crippen LogP contribution in [0.1, 0.15) is 39.9 Å². The molecule has 0 radical (unpaired) electrons. The van der Waals surface area contributed by atoms with E-state index in [1.165, 1.54) is 0 Å². The molecule has 0 aromatic heterocycles. The molecule has 1 atom stereocenters. The normalized spacial score (nSPS) is 19.3.